The van der Waals surface area contributed by atoms with Crippen LogP contribution >= 0.6 is 0 Å². The molecule has 0 aliphatic carbocycles. The van der Waals surface area contributed by atoms with Crippen LogP contribution in [-0.2, 0) is 14.3 Å². The van der Waals surface area contributed by atoms with Crippen molar-refractivity contribution < 1.29 is 39.8 Å². The monoisotopic (exact) mass is 1050 g/mol. The van der Waals surface area contributed by atoms with E-state index in [0.29, 0.717) is 12.8 Å². The van der Waals surface area contributed by atoms with E-state index < -0.39 is 49.5 Å². The molecule has 1 heterocycles. The Balaban J connectivity index is 2.12. The van der Waals surface area contributed by atoms with Crippen LogP contribution in [-0.4, -0.2) is 87.5 Å². The fourth-order valence-corrected chi connectivity index (χ4v) is 10.4. The smallest absolute Gasteiger partial charge is 0.220 e. The lowest BCUT2D eigenvalue weighted by Crippen LogP contribution is -2.60. The van der Waals surface area contributed by atoms with Crippen LogP contribution in [0.3, 0.4) is 0 Å². The molecule has 0 aromatic heterocycles. The van der Waals surface area contributed by atoms with E-state index in [0.717, 1.165) is 64.2 Å². The maximum absolute atomic E-state index is 13.1. The van der Waals surface area contributed by atoms with E-state index in [4.69, 9.17) is 9.47 Å². The summed E-state index contributed by atoms with van der Waals surface area (Å²) in [5, 5.41) is 54.8. The average molecular weight is 1050 g/mol. The van der Waals surface area contributed by atoms with Crippen molar-refractivity contribution in [1.82, 2.24) is 5.32 Å². The Labute approximate surface area is 457 Å². The third kappa shape index (κ3) is 43.4. The highest BCUT2D eigenvalue weighted by atomic mass is 16.7. The van der Waals surface area contributed by atoms with Crippen molar-refractivity contribution in [2.24, 2.45) is 0 Å². The summed E-state index contributed by atoms with van der Waals surface area (Å²) in [6, 6.07) is -0.728. The Morgan fingerprint density at radius 3 is 1.20 bits per heavy atom. The van der Waals surface area contributed by atoms with Gasteiger partial charge >= 0.3 is 0 Å². The van der Waals surface area contributed by atoms with Gasteiger partial charge in [0.05, 0.1) is 25.4 Å². The van der Waals surface area contributed by atoms with Crippen LogP contribution in [0, 0.1) is 0 Å². The summed E-state index contributed by atoms with van der Waals surface area (Å²) in [5.41, 5.74) is 0. The van der Waals surface area contributed by atoms with Crippen LogP contribution in [0.1, 0.15) is 316 Å². The van der Waals surface area contributed by atoms with E-state index in [2.05, 4.69) is 55.6 Å². The molecule has 1 rings (SSSR count). The van der Waals surface area contributed by atoms with Gasteiger partial charge in [0.1, 0.15) is 24.4 Å². The molecule has 0 aromatic rings. The van der Waals surface area contributed by atoms with E-state index in [-0.39, 0.29) is 12.5 Å². The predicted molar refractivity (Wildman–Crippen MR) is 313 cm³/mol. The zero-order valence-electron chi connectivity index (χ0n) is 48.6. The Morgan fingerprint density at radius 2 is 0.797 bits per heavy atom. The van der Waals surface area contributed by atoms with Crippen molar-refractivity contribution in [2.45, 2.75) is 358 Å². The Kier molecular flexibility index (Phi) is 52.1. The van der Waals surface area contributed by atoms with Gasteiger partial charge in [-0.1, -0.05) is 294 Å². The van der Waals surface area contributed by atoms with Crippen molar-refractivity contribution in [1.29, 1.82) is 0 Å². The van der Waals surface area contributed by atoms with Gasteiger partial charge in [0.15, 0.2) is 6.29 Å². The minimum atomic E-state index is -1.56. The minimum Gasteiger partial charge on any atom is -0.394 e. The quantitative estimate of drug-likeness (QED) is 0.0261. The highest BCUT2D eigenvalue weighted by Gasteiger charge is 2.44. The summed E-state index contributed by atoms with van der Waals surface area (Å²) >= 11 is 0. The lowest BCUT2D eigenvalue weighted by Gasteiger charge is -2.40. The molecule has 7 unspecified atom stereocenters. The van der Waals surface area contributed by atoms with E-state index in [1.165, 1.54) is 225 Å². The molecule has 0 aromatic carbocycles. The van der Waals surface area contributed by atoms with Gasteiger partial charge < -0.3 is 40.3 Å². The molecule has 1 fully saturated rings. The highest BCUT2D eigenvalue weighted by molar-refractivity contribution is 5.76. The van der Waals surface area contributed by atoms with Crippen molar-refractivity contribution in [2.75, 3.05) is 13.2 Å². The normalized spacial score (nSPS) is 19.1. The molecular formula is C65H123NO8. The fraction of sp³-hybridized carbons (Fsp3) is 0.892. The molecule has 1 aliphatic heterocycles. The summed E-state index contributed by atoms with van der Waals surface area (Å²) in [4.78, 5) is 13.1. The molecule has 74 heavy (non-hydrogen) atoms. The van der Waals surface area contributed by atoms with Crippen molar-refractivity contribution in [3.05, 3.63) is 36.5 Å². The lowest BCUT2D eigenvalue weighted by molar-refractivity contribution is -0.302. The van der Waals surface area contributed by atoms with Gasteiger partial charge in [0.25, 0.3) is 0 Å². The molecule has 0 spiro atoms. The number of allylic oxidation sites excluding steroid dienone is 6. The maximum atomic E-state index is 13.1. The highest BCUT2D eigenvalue weighted by Crippen LogP contribution is 2.23. The molecule has 0 bridgehead atoms. The maximum Gasteiger partial charge on any atom is 0.220 e. The number of nitrogens with one attached hydrogen (secondary N) is 1. The van der Waals surface area contributed by atoms with Crippen LogP contribution < -0.4 is 5.32 Å². The van der Waals surface area contributed by atoms with Crippen LogP contribution in [0.5, 0.6) is 0 Å². The zero-order valence-corrected chi connectivity index (χ0v) is 48.6. The minimum absolute atomic E-state index is 0.142. The van der Waals surface area contributed by atoms with Crippen molar-refractivity contribution in [3.63, 3.8) is 0 Å². The number of carbonyl (C=O) groups is 1. The Bertz CT molecular complexity index is 1260. The van der Waals surface area contributed by atoms with Gasteiger partial charge in [0, 0.05) is 6.42 Å². The van der Waals surface area contributed by atoms with Crippen LogP contribution in [0.2, 0.25) is 0 Å². The number of aliphatic hydroxyl groups is 5. The molecule has 0 radical (unpaired) electrons. The number of unbranched alkanes of at least 4 members (excludes halogenated alkanes) is 40. The Hall–Kier alpha value is -1.59. The van der Waals surface area contributed by atoms with E-state index in [1.54, 1.807) is 0 Å². The van der Waals surface area contributed by atoms with Crippen molar-refractivity contribution in [3.8, 4) is 0 Å². The lowest BCUT2D eigenvalue weighted by atomic mass is 9.99. The number of hydrogen-bond donors (Lipinski definition) is 6. The largest absolute Gasteiger partial charge is 0.394 e. The van der Waals surface area contributed by atoms with Crippen molar-refractivity contribution >= 4 is 5.91 Å². The first-order chi connectivity index (χ1) is 36.3. The SMILES string of the molecule is CCCCC/C=C\C/C=C\C/C=C\CCCCCCCCC(=O)NC(COC1OC(CO)C(O)C(O)C1O)C(O)CCCCCCCCCCCCCCCCCCCCCCCCCCCCCCCCCC. The molecule has 1 aliphatic rings. The molecule has 6 N–H and O–H groups in total. The van der Waals surface area contributed by atoms with Gasteiger partial charge in [-0.2, -0.15) is 0 Å². The second-order valence-corrected chi connectivity index (χ2v) is 22.6. The topological polar surface area (TPSA) is 149 Å². The second kappa shape index (κ2) is 54.8. The van der Waals surface area contributed by atoms with Crippen LogP contribution in [0.15, 0.2) is 36.5 Å². The number of carbonyl (C=O) groups excluding carboxylic acids is 1. The number of amides is 1. The zero-order chi connectivity index (χ0) is 53.6. The van der Waals surface area contributed by atoms with E-state index in [1.807, 2.05) is 0 Å². The van der Waals surface area contributed by atoms with Gasteiger partial charge in [-0.3, -0.25) is 4.79 Å². The average Bonchev–Trinajstić information content (AvgIpc) is 3.40. The first kappa shape index (κ1) is 70.4. The number of hydrogen-bond acceptors (Lipinski definition) is 8. The number of rotatable bonds is 56. The van der Waals surface area contributed by atoms with Gasteiger partial charge in [-0.15, -0.1) is 0 Å². The first-order valence-electron chi connectivity index (χ1n) is 32.2. The molecular weight excluding hydrogens is 923 g/mol. The van der Waals surface area contributed by atoms with E-state index in [9.17, 15) is 30.3 Å². The van der Waals surface area contributed by atoms with Gasteiger partial charge in [-0.05, 0) is 51.4 Å². The predicted octanol–water partition coefficient (Wildman–Crippen LogP) is 16.7. The summed E-state index contributed by atoms with van der Waals surface area (Å²) < 4.78 is 11.3. The number of aliphatic hydroxyl groups excluding tert-OH is 5. The van der Waals surface area contributed by atoms with Gasteiger partial charge in [-0.25, -0.2) is 0 Å². The molecule has 436 valence electrons. The van der Waals surface area contributed by atoms with Crippen LogP contribution in [0.25, 0.3) is 0 Å². The third-order valence-corrected chi connectivity index (χ3v) is 15.5. The molecule has 7 atom stereocenters. The number of ether oxygens (including phenoxy) is 2. The second-order valence-electron chi connectivity index (χ2n) is 22.6. The first-order valence-corrected chi connectivity index (χ1v) is 32.2. The summed E-state index contributed by atoms with van der Waals surface area (Å²) in [6.07, 6.45) is 64.8. The molecule has 0 saturated carbocycles. The van der Waals surface area contributed by atoms with E-state index >= 15 is 0 Å². The standard InChI is InChI=1S/C65H123NO8/c1-3-5-7-9-11-13-15-17-19-21-23-24-25-26-27-28-29-30-31-32-33-34-35-37-38-40-42-44-46-48-50-52-54-59(68)58(57-73-65-64(72)63(71)62(70)60(56-67)74-65)66-61(69)55-53-51-49-47-45-43-41-39-36-22-20-18-16-14-12-10-8-6-4-2/h12,14,18,20,36,39,58-60,62-65,67-68,70-72H,3-11,13,15-17,19,21-35,37-38,40-57H2,1-2H3,(H,66,69)/b14-12-,20-18-,39-36-. The summed E-state index contributed by atoms with van der Waals surface area (Å²) in [7, 11) is 0. The third-order valence-electron chi connectivity index (χ3n) is 15.5. The summed E-state index contributed by atoms with van der Waals surface area (Å²) in [6.45, 7) is 3.84. The molecule has 1 amide bonds. The Morgan fingerprint density at radius 1 is 0.459 bits per heavy atom. The van der Waals surface area contributed by atoms with Crippen LogP contribution in [0.4, 0.5) is 0 Å². The fourth-order valence-electron chi connectivity index (χ4n) is 10.4. The molecule has 9 heteroatoms. The van der Waals surface area contributed by atoms with Gasteiger partial charge in [0.2, 0.25) is 5.91 Å². The summed E-state index contributed by atoms with van der Waals surface area (Å²) in [5.74, 6) is -0.153. The molecule has 9 nitrogen and oxygen atoms in total. The molecule has 1 saturated heterocycles.